The summed E-state index contributed by atoms with van der Waals surface area (Å²) in [6.07, 6.45) is -0.212. The maximum atomic E-state index is 13.4. The standard InChI is InChI=1S/C14H19F2NO2/c1-9(2)17-14(19)5-3-4-13(18)11-8-10(15)6-7-12(11)16/h6-9,13,18H,3-5H2,1-2H3,(H,17,19). The molecule has 0 aliphatic rings. The van der Waals surface area contributed by atoms with Gasteiger partial charge in [-0.25, -0.2) is 8.78 Å². The van der Waals surface area contributed by atoms with Gasteiger partial charge in [0, 0.05) is 18.0 Å². The Morgan fingerprint density at radius 3 is 2.68 bits per heavy atom. The summed E-state index contributed by atoms with van der Waals surface area (Å²) in [6, 6.07) is 3.04. The summed E-state index contributed by atoms with van der Waals surface area (Å²) in [5.74, 6) is -1.34. The number of amides is 1. The Bertz CT molecular complexity index is 435. The fourth-order valence-electron chi connectivity index (χ4n) is 1.78. The zero-order valence-corrected chi connectivity index (χ0v) is 11.1. The van der Waals surface area contributed by atoms with Gasteiger partial charge in [0.05, 0.1) is 6.10 Å². The first-order valence-corrected chi connectivity index (χ1v) is 6.32. The molecular formula is C14H19F2NO2. The third-order valence-corrected chi connectivity index (χ3v) is 2.65. The molecule has 106 valence electrons. The first kappa shape index (κ1) is 15.6. The van der Waals surface area contributed by atoms with Crippen molar-refractivity contribution in [2.45, 2.75) is 45.3 Å². The fraction of sp³-hybridized carbons (Fsp3) is 0.500. The molecule has 0 aliphatic heterocycles. The molecule has 1 rings (SSSR count). The molecular weight excluding hydrogens is 252 g/mol. The zero-order chi connectivity index (χ0) is 14.4. The van der Waals surface area contributed by atoms with Gasteiger partial charge < -0.3 is 10.4 Å². The number of aliphatic hydroxyl groups excluding tert-OH is 1. The number of carbonyl (C=O) groups excluding carboxylic acids is 1. The Morgan fingerprint density at radius 2 is 2.05 bits per heavy atom. The Kier molecular flexibility index (Phi) is 5.89. The number of hydrogen-bond acceptors (Lipinski definition) is 2. The van der Waals surface area contributed by atoms with E-state index < -0.39 is 17.7 Å². The minimum atomic E-state index is -1.09. The lowest BCUT2D eigenvalue weighted by Crippen LogP contribution is -2.29. The first-order chi connectivity index (χ1) is 8.90. The summed E-state index contributed by atoms with van der Waals surface area (Å²) in [4.78, 5) is 11.4. The van der Waals surface area contributed by atoms with Crippen LogP contribution < -0.4 is 5.32 Å². The molecule has 0 fully saturated rings. The highest BCUT2D eigenvalue weighted by Crippen LogP contribution is 2.22. The second-order valence-electron chi connectivity index (χ2n) is 4.80. The predicted molar refractivity (Wildman–Crippen MR) is 68.4 cm³/mol. The van der Waals surface area contributed by atoms with Gasteiger partial charge in [0.15, 0.2) is 0 Å². The van der Waals surface area contributed by atoms with Crippen molar-refractivity contribution in [1.82, 2.24) is 5.32 Å². The molecule has 5 heteroatoms. The second kappa shape index (κ2) is 7.19. The van der Waals surface area contributed by atoms with E-state index in [0.717, 1.165) is 18.2 Å². The maximum absolute atomic E-state index is 13.4. The Morgan fingerprint density at radius 1 is 1.37 bits per heavy atom. The van der Waals surface area contributed by atoms with Crippen molar-refractivity contribution < 1.29 is 18.7 Å². The number of halogens is 2. The van der Waals surface area contributed by atoms with E-state index in [1.165, 1.54) is 0 Å². The number of benzene rings is 1. The fourth-order valence-corrected chi connectivity index (χ4v) is 1.78. The molecule has 0 heterocycles. The molecule has 0 saturated heterocycles. The topological polar surface area (TPSA) is 49.3 Å². The molecule has 0 aromatic heterocycles. The highest BCUT2D eigenvalue weighted by molar-refractivity contribution is 5.76. The molecule has 0 saturated carbocycles. The van der Waals surface area contributed by atoms with Crippen molar-refractivity contribution >= 4 is 5.91 Å². The van der Waals surface area contributed by atoms with Crippen LogP contribution in [0.3, 0.4) is 0 Å². The normalized spacial score (nSPS) is 12.5. The molecule has 0 radical (unpaired) electrons. The average Bonchev–Trinajstić information content (AvgIpc) is 2.31. The molecule has 1 aromatic rings. The lowest BCUT2D eigenvalue weighted by atomic mass is 10.0. The minimum absolute atomic E-state index is 0.0655. The van der Waals surface area contributed by atoms with Crippen LogP contribution >= 0.6 is 0 Å². The van der Waals surface area contributed by atoms with Crippen molar-refractivity contribution in [3.05, 3.63) is 35.4 Å². The van der Waals surface area contributed by atoms with E-state index in [1.54, 1.807) is 0 Å². The number of hydrogen-bond donors (Lipinski definition) is 2. The van der Waals surface area contributed by atoms with Crippen LogP contribution in [0.5, 0.6) is 0 Å². The second-order valence-corrected chi connectivity index (χ2v) is 4.80. The van der Waals surface area contributed by atoms with E-state index in [4.69, 9.17) is 0 Å². The van der Waals surface area contributed by atoms with Crippen LogP contribution in [0.2, 0.25) is 0 Å². The molecule has 1 unspecified atom stereocenters. The highest BCUT2D eigenvalue weighted by atomic mass is 19.1. The van der Waals surface area contributed by atoms with Gasteiger partial charge in [-0.3, -0.25) is 4.79 Å². The van der Waals surface area contributed by atoms with Gasteiger partial charge in [-0.05, 0) is 44.9 Å². The molecule has 2 N–H and O–H groups in total. The van der Waals surface area contributed by atoms with Gasteiger partial charge in [0.2, 0.25) is 5.91 Å². The molecule has 0 aliphatic carbocycles. The third-order valence-electron chi connectivity index (χ3n) is 2.65. The number of rotatable bonds is 6. The van der Waals surface area contributed by atoms with Crippen LogP contribution in [-0.2, 0) is 4.79 Å². The molecule has 1 amide bonds. The van der Waals surface area contributed by atoms with E-state index in [9.17, 15) is 18.7 Å². The van der Waals surface area contributed by atoms with Crippen LogP contribution in [0.1, 0.15) is 44.8 Å². The summed E-state index contributed by atoms with van der Waals surface area (Å²) in [5.41, 5.74) is -0.0655. The summed E-state index contributed by atoms with van der Waals surface area (Å²) >= 11 is 0. The molecule has 1 aromatic carbocycles. The molecule has 0 bridgehead atoms. The predicted octanol–water partition coefficient (Wildman–Crippen LogP) is 2.69. The Labute approximate surface area is 111 Å². The number of nitrogens with one attached hydrogen (secondary N) is 1. The van der Waals surface area contributed by atoms with Crippen molar-refractivity contribution in [2.24, 2.45) is 0 Å². The van der Waals surface area contributed by atoms with Crippen LogP contribution in [0.4, 0.5) is 8.78 Å². The van der Waals surface area contributed by atoms with Gasteiger partial charge in [-0.2, -0.15) is 0 Å². The SMILES string of the molecule is CC(C)NC(=O)CCCC(O)c1cc(F)ccc1F. The Balaban J connectivity index is 2.45. The Hall–Kier alpha value is -1.49. The van der Waals surface area contributed by atoms with E-state index in [0.29, 0.717) is 6.42 Å². The van der Waals surface area contributed by atoms with Gasteiger partial charge in [-0.1, -0.05) is 0 Å². The maximum Gasteiger partial charge on any atom is 0.220 e. The lowest BCUT2D eigenvalue weighted by Gasteiger charge is -2.12. The van der Waals surface area contributed by atoms with Crippen LogP contribution in [0, 0.1) is 11.6 Å². The summed E-state index contributed by atoms with van der Waals surface area (Å²) < 4.78 is 26.3. The van der Waals surface area contributed by atoms with Crippen LogP contribution in [0.25, 0.3) is 0 Å². The van der Waals surface area contributed by atoms with E-state index >= 15 is 0 Å². The number of aliphatic hydroxyl groups is 1. The summed E-state index contributed by atoms with van der Waals surface area (Å²) in [7, 11) is 0. The monoisotopic (exact) mass is 271 g/mol. The molecule has 1 atom stereocenters. The molecule has 3 nitrogen and oxygen atoms in total. The summed E-state index contributed by atoms with van der Waals surface area (Å²) in [5, 5.41) is 12.5. The van der Waals surface area contributed by atoms with Gasteiger partial charge >= 0.3 is 0 Å². The lowest BCUT2D eigenvalue weighted by molar-refractivity contribution is -0.121. The first-order valence-electron chi connectivity index (χ1n) is 6.32. The van der Waals surface area contributed by atoms with Crippen LogP contribution in [0.15, 0.2) is 18.2 Å². The van der Waals surface area contributed by atoms with Crippen molar-refractivity contribution in [2.75, 3.05) is 0 Å². The molecule has 0 spiro atoms. The molecule has 19 heavy (non-hydrogen) atoms. The minimum Gasteiger partial charge on any atom is -0.388 e. The van der Waals surface area contributed by atoms with Crippen molar-refractivity contribution in [3.63, 3.8) is 0 Å². The van der Waals surface area contributed by atoms with Crippen molar-refractivity contribution in [1.29, 1.82) is 0 Å². The summed E-state index contributed by atoms with van der Waals surface area (Å²) in [6.45, 7) is 3.71. The quantitative estimate of drug-likeness (QED) is 0.835. The van der Waals surface area contributed by atoms with E-state index in [1.807, 2.05) is 13.8 Å². The van der Waals surface area contributed by atoms with E-state index in [2.05, 4.69) is 5.32 Å². The van der Waals surface area contributed by atoms with Crippen LogP contribution in [-0.4, -0.2) is 17.1 Å². The van der Waals surface area contributed by atoms with Gasteiger partial charge in [-0.15, -0.1) is 0 Å². The van der Waals surface area contributed by atoms with E-state index in [-0.39, 0.29) is 30.4 Å². The third kappa shape index (κ3) is 5.34. The zero-order valence-electron chi connectivity index (χ0n) is 11.1. The van der Waals surface area contributed by atoms with Gasteiger partial charge in [0.25, 0.3) is 0 Å². The average molecular weight is 271 g/mol. The van der Waals surface area contributed by atoms with Gasteiger partial charge in [0.1, 0.15) is 11.6 Å². The van der Waals surface area contributed by atoms with Crippen molar-refractivity contribution in [3.8, 4) is 0 Å². The highest BCUT2D eigenvalue weighted by Gasteiger charge is 2.14. The number of carbonyl (C=O) groups is 1. The largest absolute Gasteiger partial charge is 0.388 e. The smallest absolute Gasteiger partial charge is 0.220 e.